The molecule has 0 unspecified atom stereocenters. The maximum Gasteiger partial charge on any atom is 0.216 e. The largest absolute Gasteiger partial charge is 0.341 e. The first-order valence-electron chi connectivity index (χ1n) is 7.45. The van der Waals surface area contributed by atoms with Gasteiger partial charge in [-0.15, -0.1) is 0 Å². The van der Waals surface area contributed by atoms with Gasteiger partial charge in [0.25, 0.3) is 0 Å². The van der Waals surface area contributed by atoms with E-state index in [9.17, 15) is 0 Å². The maximum absolute atomic E-state index is 5.09. The molecule has 4 rings (SSSR count). The number of rotatable bonds is 3. The lowest BCUT2D eigenvalue weighted by atomic mass is 10.1. The molecule has 0 aliphatic carbocycles. The summed E-state index contributed by atoms with van der Waals surface area (Å²) < 4.78 is 4.34. The first-order chi connectivity index (χ1) is 11.3. The molecular weight excluding hydrogens is 306 g/mol. The Morgan fingerprint density at radius 2 is 2.00 bits per heavy atom. The Bertz CT molecular complexity index is 1080. The van der Waals surface area contributed by atoms with Crippen molar-refractivity contribution < 1.29 is 0 Å². The van der Waals surface area contributed by atoms with Crippen LogP contribution in [0.3, 0.4) is 0 Å². The fourth-order valence-electron chi connectivity index (χ4n) is 2.95. The fourth-order valence-corrected chi connectivity index (χ4v) is 3.09. The highest BCUT2D eigenvalue weighted by molar-refractivity contribution is 7.71. The van der Waals surface area contributed by atoms with Crippen LogP contribution in [0.25, 0.3) is 21.8 Å². The summed E-state index contributed by atoms with van der Waals surface area (Å²) in [6, 6.07) is 14.9. The molecule has 0 aliphatic heterocycles. The minimum atomic E-state index is 0.477. The minimum Gasteiger partial charge on any atom is -0.341 e. The summed E-state index contributed by atoms with van der Waals surface area (Å²) in [7, 11) is 0. The maximum atomic E-state index is 5.09. The summed E-state index contributed by atoms with van der Waals surface area (Å²) in [6.45, 7) is 3.11. The minimum absolute atomic E-state index is 0.477. The average Bonchev–Trinajstić information content (AvgIpc) is 3.13. The second-order valence-electron chi connectivity index (χ2n) is 5.29. The lowest BCUT2D eigenvalue weighted by molar-refractivity contribution is 0.827. The summed E-state index contributed by atoms with van der Waals surface area (Å²) in [6.07, 6.45) is 3.35. The van der Waals surface area contributed by atoms with E-state index in [2.05, 4.69) is 69.3 Å². The molecular formula is C17H15N5S. The fraction of sp³-hybridized carbons (Fsp3) is 0.118. The molecule has 23 heavy (non-hydrogen) atoms. The van der Waals surface area contributed by atoms with Crippen LogP contribution in [0, 0.1) is 4.77 Å². The molecule has 0 amide bonds. The summed E-state index contributed by atoms with van der Waals surface area (Å²) in [5, 5.41) is 13.4. The molecule has 0 spiro atoms. The third-order valence-electron chi connectivity index (χ3n) is 3.98. The molecule has 0 saturated heterocycles. The van der Waals surface area contributed by atoms with Gasteiger partial charge in [-0.1, -0.05) is 24.3 Å². The molecule has 2 aromatic carbocycles. The van der Waals surface area contributed by atoms with Crippen molar-refractivity contribution in [3.63, 3.8) is 0 Å². The monoisotopic (exact) mass is 321 g/mol. The third kappa shape index (κ3) is 2.27. The molecule has 0 saturated carbocycles. The number of para-hydroxylation sites is 1. The van der Waals surface area contributed by atoms with Gasteiger partial charge in [0.2, 0.25) is 4.77 Å². The van der Waals surface area contributed by atoms with Crippen molar-refractivity contribution in [2.24, 2.45) is 5.10 Å². The van der Waals surface area contributed by atoms with Gasteiger partial charge in [-0.2, -0.15) is 14.9 Å². The zero-order valence-electron chi connectivity index (χ0n) is 12.6. The Morgan fingerprint density at radius 3 is 2.78 bits per heavy atom. The van der Waals surface area contributed by atoms with Gasteiger partial charge >= 0.3 is 0 Å². The first-order valence-corrected chi connectivity index (χ1v) is 7.86. The van der Waals surface area contributed by atoms with Crippen molar-refractivity contribution in [1.29, 1.82) is 0 Å². The van der Waals surface area contributed by atoms with Gasteiger partial charge in [-0.3, -0.25) is 5.10 Å². The number of H-pyrrole nitrogens is 1. The quantitative estimate of drug-likeness (QED) is 0.459. The van der Waals surface area contributed by atoms with Crippen molar-refractivity contribution in [2.45, 2.75) is 13.5 Å². The average molecular weight is 321 g/mol. The molecule has 2 aromatic heterocycles. The summed E-state index contributed by atoms with van der Waals surface area (Å²) in [5.41, 5.74) is 3.53. The lowest BCUT2D eigenvalue weighted by Gasteiger charge is -2.02. The van der Waals surface area contributed by atoms with E-state index in [1.165, 1.54) is 26.5 Å². The third-order valence-corrected chi connectivity index (χ3v) is 4.26. The topological polar surface area (TPSA) is 50.9 Å². The van der Waals surface area contributed by atoms with Crippen LogP contribution in [0.2, 0.25) is 0 Å². The van der Waals surface area contributed by atoms with Gasteiger partial charge in [-0.25, -0.2) is 0 Å². The Balaban J connectivity index is 1.88. The number of aryl methyl sites for hydroxylation is 1. The normalized spacial score (nSPS) is 11.9. The zero-order chi connectivity index (χ0) is 15.8. The van der Waals surface area contributed by atoms with E-state index in [-0.39, 0.29) is 0 Å². The number of fused-ring (bicyclic) bond motifs is 3. The molecule has 114 valence electrons. The van der Waals surface area contributed by atoms with E-state index < -0.39 is 0 Å². The number of hydrogen-bond donors (Lipinski definition) is 1. The molecule has 0 radical (unpaired) electrons. The number of nitrogens with one attached hydrogen (secondary N) is 1. The molecule has 0 fully saturated rings. The number of aromatic nitrogens is 4. The van der Waals surface area contributed by atoms with Gasteiger partial charge < -0.3 is 4.57 Å². The summed E-state index contributed by atoms with van der Waals surface area (Å²) >= 11 is 5.09. The number of benzene rings is 2. The Kier molecular flexibility index (Phi) is 3.31. The van der Waals surface area contributed by atoms with Crippen molar-refractivity contribution in [3.05, 3.63) is 59.1 Å². The second kappa shape index (κ2) is 5.48. The van der Waals surface area contributed by atoms with Crippen LogP contribution in [0.15, 0.2) is 53.9 Å². The number of aromatic amines is 1. The van der Waals surface area contributed by atoms with Gasteiger partial charge in [-0.05, 0) is 42.9 Å². The highest BCUT2D eigenvalue weighted by Gasteiger charge is 2.08. The van der Waals surface area contributed by atoms with Crippen LogP contribution in [-0.2, 0) is 6.54 Å². The van der Waals surface area contributed by atoms with Crippen LogP contribution in [0.1, 0.15) is 12.5 Å². The van der Waals surface area contributed by atoms with E-state index in [1.54, 1.807) is 12.5 Å². The lowest BCUT2D eigenvalue weighted by Crippen LogP contribution is -1.93. The van der Waals surface area contributed by atoms with Crippen molar-refractivity contribution in [1.82, 2.24) is 19.4 Å². The number of hydrogen-bond acceptors (Lipinski definition) is 3. The van der Waals surface area contributed by atoms with Crippen LogP contribution in [0.4, 0.5) is 0 Å². The van der Waals surface area contributed by atoms with Crippen molar-refractivity contribution in [3.8, 4) is 0 Å². The Morgan fingerprint density at radius 1 is 1.17 bits per heavy atom. The van der Waals surface area contributed by atoms with Crippen LogP contribution >= 0.6 is 12.2 Å². The van der Waals surface area contributed by atoms with E-state index in [0.717, 1.165) is 12.1 Å². The van der Waals surface area contributed by atoms with E-state index in [0.29, 0.717) is 4.77 Å². The van der Waals surface area contributed by atoms with Gasteiger partial charge in [0.05, 0.1) is 6.21 Å². The Labute approximate surface area is 137 Å². The SMILES string of the molecule is CCn1c2ccccc2c2cc(/C=N\n3cn[nH]c3=S)ccc21. The smallest absolute Gasteiger partial charge is 0.216 e. The second-order valence-corrected chi connectivity index (χ2v) is 5.68. The first kappa shape index (κ1) is 13.9. The zero-order valence-corrected chi connectivity index (χ0v) is 13.4. The molecule has 0 aliphatic rings. The summed E-state index contributed by atoms with van der Waals surface area (Å²) in [5.74, 6) is 0. The standard InChI is InChI=1S/C17H15N5S/c1-2-21-15-6-4-3-5-13(15)14-9-12(7-8-16(14)21)10-19-22-11-18-20-17(22)23/h3-11H,2H2,1H3,(H,20,23)/b19-10-. The summed E-state index contributed by atoms with van der Waals surface area (Å²) in [4.78, 5) is 0. The van der Waals surface area contributed by atoms with Gasteiger partial charge in [0.1, 0.15) is 6.33 Å². The molecule has 0 bridgehead atoms. The molecule has 2 heterocycles. The van der Waals surface area contributed by atoms with Gasteiger partial charge in [0, 0.05) is 28.4 Å². The van der Waals surface area contributed by atoms with Crippen molar-refractivity contribution in [2.75, 3.05) is 0 Å². The van der Waals surface area contributed by atoms with Crippen LogP contribution < -0.4 is 0 Å². The predicted octanol–water partition coefficient (Wildman–Crippen LogP) is 3.95. The molecule has 6 heteroatoms. The highest BCUT2D eigenvalue weighted by Crippen LogP contribution is 2.29. The van der Waals surface area contributed by atoms with Crippen LogP contribution in [0.5, 0.6) is 0 Å². The van der Waals surface area contributed by atoms with Crippen molar-refractivity contribution >= 4 is 40.2 Å². The van der Waals surface area contributed by atoms with E-state index in [1.807, 2.05) is 0 Å². The van der Waals surface area contributed by atoms with Gasteiger partial charge in [0.15, 0.2) is 0 Å². The molecule has 1 N–H and O–H groups in total. The van der Waals surface area contributed by atoms with E-state index >= 15 is 0 Å². The van der Waals surface area contributed by atoms with E-state index in [4.69, 9.17) is 12.2 Å². The molecule has 5 nitrogen and oxygen atoms in total. The molecule has 4 aromatic rings. The predicted molar refractivity (Wildman–Crippen MR) is 95.5 cm³/mol. The highest BCUT2D eigenvalue weighted by atomic mass is 32.1. The number of nitrogens with zero attached hydrogens (tertiary/aromatic N) is 4. The molecule has 0 atom stereocenters. The van der Waals surface area contributed by atoms with Crippen LogP contribution in [-0.4, -0.2) is 25.7 Å². The Hall–Kier alpha value is -2.73.